The Balaban J connectivity index is 1.67. The van der Waals surface area contributed by atoms with Crippen LogP contribution in [0.3, 0.4) is 0 Å². The molecule has 0 aromatic carbocycles. The number of hydrogen-bond donors (Lipinski definition) is 0. The molecule has 2 saturated heterocycles. The van der Waals surface area contributed by atoms with Gasteiger partial charge in [0.05, 0.1) is 12.4 Å². The third-order valence-electron chi connectivity index (χ3n) is 4.91. The zero-order valence-electron chi connectivity index (χ0n) is 14.0. The zero-order chi connectivity index (χ0) is 17.4. The van der Waals surface area contributed by atoms with Crippen molar-refractivity contribution in [3.8, 4) is 6.01 Å². The second kappa shape index (κ2) is 6.31. The molecule has 0 N–H and O–H groups in total. The molecule has 3 rings (SSSR count). The second-order valence-corrected chi connectivity index (χ2v) is 9.51. The van der Waals surface area contributed by atoms with Crippen LogP contribution in [0.1, 0.15) is 26.7 Å². The minimum absolute atomic E-state index is 0.0313. The summed E-state index contributed by atoms with van der Waals surface area (Å²) in [5, 5.41) is 0. The van der Waals surface area contributed by atoms with Crippen molar-refractivity contribution in [2.75, 3.05) is 25.4 Å². The second-order valence-electron chi connectivity index (χ2n) is 7.06. The van der Waals surface area contributed by atoms with Gasteiger partial charge in [0.25, 0.3) is 0 Å². The van der Waals surface area contributed by atoms with Crippen molar-refractivity contribution in [2.24, 2.45) is 11.8 Å². The first-order valence-electron chi connectivity index (χ1n) is 8.24. The van der Waals surface area contributed by atoms with Gasteiger partial charge in [-0.25, -0.2) is 18.4 Å². The molecule has 24 heavy (non-hydrogen) atoms. The van der Waals surface area contributed by atoms with Crippen molar-refractivity contribution in [3.63, 3.8) is 0 Å². The van der Waals surface area contributed by atoms with Gasteiger partial charge in [-0.2, -0.15) is 0 Å². The standard InChI is InChI=1S/C16H23N3O4S/c1-12(2)8-14(20)19-10-16(11-19)13(4-7-24(16,21)22)9-23-15-17-5-3-6-18-15/h3,5-6,12-13H,4,7-11H2,1-2H3/t13-/m0/s1. The summed E-state index contributed by atoms with van der Waals surface area (Å²) < 4.78 is 29.8. The van der Waals surface area contributed by atoms with Gasteiger partial charge in [-0.15, -0.1) is 0 Å². The van der Waals surface area contributed by atoms with Crippen molar-refractivity contribution in [1.29, 1.82) is 0 Å². The van der Waals surface area contributed by atoms with Gasteiger partial charge in [-0.3, -0.25) is 4.79 Å². The average Bonchev–Trinajstić information content (AvgIpc) is 2.74. The van der Waals surface area contributed by atoms with Gasteiger partial charge in [-0.1, -0.05) is 13.8 Å². The number of sulfone groups is 1. The molecule has 3 heterocycles. The van der Waals surface area contributed by atoms with Crippen LogP contribution in [-0.2, 0) is 14.6 Å². The van der Waals surface area contributed by atoms with E-state index in [1.165, 1.54) is 0 Å². The summed E-state index contributed by atoms with van der Waals surface area (Å²) in [5.41, 5.74) is 0. The molecule has 2 aliphatic rings. The van der Waals surface area contributed by atoms with Gasteiger partial charge >= 0.3 is 6.01 Å². The smallest absolute Gasteiger partial charge is 0.316 e. The van der Waals surface area contributed by atoms with Crippen molar-refractivity contribution < 1.29 is 17.9 Å². The maximum Gasteiger partial charge on any atom is 0.316 e. The predicted molar refractivity (Wildman–Crippen MR) is 88.2 cm³/mol. The van der Waals surface area contributed by atoms with Gasteiger partial charge < -0.3 is 9.64 Å². The first kappa shape index (κ1) is 17.1. The van der Waals surface area contributed by atoms with E-state index in [0.717, 1.165) is 0 Å². The van der Waals surface area contributed by atoms with Gasteiger partial charge in [0.2, 0.25) is 5.91 Å². The fourth-order valence-electron chi connectivity index (χ4n) is 3.50. The lowest BCUT2D eigenvalue weighted by Crippen LogP contribution is -2.69. The Morgan fingerprint density at radius 1 is 1.38 bits per heavy atom. The first-order valence-corrected chi connectivity index (χ1v) is 9.89. The van der Waals surface area contributed by atoms with E-state index in [1.54, 1.807) is 23.4 Å². The minimum Gasteiger partial charge on any atom is -0.463 e. The molecule has 0 bridgehead atoms. The van der Waals surface area contributed by atoms with Crippen LogP contribution in [0.25, 0.3) is 0 Å². The molecule has 0 aliphatic carbocycles. The molecule has 0 radical (unpaired) electrons. The normalized spacial score (nSPS) is 24.1. The number of hydrogen-bond acceptors (Lipinski definition) is 6. The molecule has 1 aromatic heterocycles. The van der Waals surface area contributed by atoms with E-state index < -0.39 is 14.6 Å². The quantitative estimate of drug-likeness (QED) is 0.782. The lowest BCUT2D eigenvalue weighted by atomic mass is 9.83. The Morgan fingerprint density at radius 2 is 2.04 bits per heavy atom. The van der Waals surface area contributed by atoms with Crippen molar-refractivity contribution in [1.82, 2.24) is 14.9 Å². The fraction of sp³-hybridized carbons (Fsp3) is 0.688. The van der Waals surface area contributed by atoms with Crippen LogP contribution >= 0.6 is 0 Å². The molecule has 0 unspecified atom stereocenters. The molecule has 1 amide bonds. The average molecular weight is 353 g/mol. The van der Waals surface area contributed by atoms with Crippen LogP contribution < -0.4 is 4.74 Å². The number of rotatable bonds is 5. The van der Waals surface area contributed by atoms with Crippen LogP contribution in [0, 0.1) is 11.8 Å². The number of amides is 1. The summed E-state index contributed by atoms with van der Waals surface area (Å²) in [6.45, 7) is 4.79. The fourth-order valence-corrected chi connectivity index (χ4v) is 5.90. The van der Waals surface area contributed by atoms with E-state index in [1.807, 2.05) is 13.8 Å². The predicted octanol–water partition coefficient (Wildman–Crippen LogP) is 0.917. The van der Waals surface area contributed by atoms with Gasteiger partial charge in [-0.05, 0) is 18.4 Å². The summed E-state index contributed by atoms with van der Waals surface area (Å²) in [6.07, 6.45) is 4.18. The molecule has 1 atom stereocenters. The topological polar surface area (TPSA) is 89.5 Å². The Labute approximate surface area is 142 Å². The van der Waals surface area contributed by atoms with E-state index in [0.29, 0.717) is 12.8 Å². The SMILES string of the molecule is CC(C)CC(=O)N1CC2(C1)[C@H](COc1ncccn1)CCS2(=O)=O. The van der Waals surface area contributed by atoms with Crippen molar-refractivity contribution in [2.45, 2.75) is 31.4 Å². The lowest BCUT2D eigenvalue weighted by molar-refractivity contribution is -0.138. The van der Waals surface area contributed by atoms with Crippen molar-refractivity contribution in [3.05, 3.63) is 18.5 Å². The number of carbonyl (C=O) groups excluding carboxylic acids is 1. The van der Waals surface area contributed by atoms with E-state index in [4.69, 9.17) is 4.74 Å². The number of nitrogens with zero attached hydrogens (tertiary/aromatic N) is 3. The van der Waals surface area contributed by atoms with E-state index in [-0.39, 0.29) is 49.2 Å². The van der Waals surface area contributed by atoms with Crippen LogP contribution in [0.15, 0.2) is 18.5 Å². The van der Waals surface area contributed by atoms with Gasteiger partial charge in [0.1, 0.15) is 4.75 Å². The maximum absolute atomic E-state index is 12.6. The highest BCUT2D eigenvalue weighted by Crippen LogP contribution is 2.45. The maximum atomic E-state index is 12.6. The summed E-state index contributed by atoms with van der Waals surface area (Å²) in [5.74, 6) is 0.324. The Hall–Kier alpha value is -1.70. The Kier molecular flexibility index (Phi) is 4.50. The molecule has 132 valence electrons. The lowest BCUT2D eigenvalue weighted by Gasteiger charge is -2.50. The van der Waals surface area contributed by atoms with Gasteiger partial charge in [0.15, 0.2) is 9.84 Å². The largest absolute Gasteiger partial charge is 0.463 e. The third-order valence-corrected chi connectivity index (χ3v) is 7.51. The summed E-state index contributed by atoms with van der Waals surface area (Å²) >= 11 is 0. The number of carbonyl (C=O) groups is 1. The summed E-state index contributed by atoms with van der Waals surface area (Å²) in [6, 6.07) is 1.95. The van der Waals surface area contributed by atoms with Gasteiger partial charge in [0, 0.05) is 37.8 Å². The van der Waals surface area contributed by atoms with Crippen LogP contribution in [0.5, 0.6) is 6.01 Å². The highest BCUT2D eigenvalue weighted by molar-refractivity contribution is 7.93. The molecule has 2 fully saturated rings. The highest BCUT2D eigenvalue weighted by atomic mass is 32.2. The van der Waals surface area contributed by atoms with E-state index in [2.05, 4.69) is 9.97 Å². The molecule has 1 spiro atoms. The first-order chi connectivity index (χ1) is 11.3. The molecular formula is C16H23N3O4S. The Bertz CT molecular complexity index is 699. The Morgan fingerprint density at radius 3 is 2.67 bits per heavy atom. The monoisotopic (exact) mass is 353 g/mol. The number of likely N-dealkylation sites (tertiary alicyclic amines) is 1. The molecule has 8 heteroatoms. The molecule has 0 saturated carbocycles. The van der Waals surface area contributed by atoms with E-state index in [9.17, 15) is 13.2 Å². The number of ether oxygens (including phenoxy) is 1. The molecule has 2 aliphatic heterocycles. The summed E-state index contributed by atoms with van der Waals surface area (Å²) in [4.78, 5) is 21.8. The molecule has 1 aromatic rings. The summed E-state index contributed by atoms with van der Waals surface area (Å²) in [7, 11) is -3.21. The van der Waals surface area contributed by atoms with Crippen LogP contribution in [-0.4, -0.2) is 59.4 Å². The van der Waals surface area contributed by atoms with Crippen LogP contribution in [0.4, 0.5) is 0 Å². The zero-order valence-corrected chi connectivity index (χ0v) is 14.8. The van der Waals surface area contributed by atoms with Crippen LogP contribution in [0.2, 0.25) is 0 Å². The minimum atomic E-state index is -3.21. The van der Waals surface area contributed by atoms with E-state index >= 15 is 0 Å². The highest BCUT2D eigenvalue weighted by Gasteiger charge is 2.62. The molecule has 7 nitrogen and oxygen atoms in total. The number of aromatic nitrogens is 2. The molecular weight excluding hydrogens is 330 g/mol. The third kappa shape index (κ3) is 2.99. The van der Waals surface area contributed by atoms with Crippen molar-refractivity contribution >= 4 is 15.7 Å².